The van der Waals surface area contributed by atoms with Crippen LogP contribution in [0.15, 0.2) is 40.9 Å². The predicted molar refractivity (Wildman–Crippen MR) is 86.2 cm³/mol. The van der Waals surface area contributed by atoms with Crippen molar-refractivity contribution in [2.75, 3.05) is 19.0 Å². The van der Waals surface area contributed by atoms with Crippen molar-refractivity contribution in [2.45, 2.75) is 6.92 Å². The summed E-state index contributed by atoms with van der Waals surface area (Å²) in [5, 5.41) is 2.53. The molecule has 0 fully saturated rings. The zero-order chi connectivity index (χ0) is 16.1. The van der Waals surface area contributed by atoms with E-state index in [0.717, 1.165) is 0 Å². The average molecular weight is 368 g/mol. The lowest BCUT2D eigenvalue weighted by Crippen LogP contribution is -2.13. The lowest BCUT2D eigenvalue weighted by molar-refractivity contribution is 0.102. The van der Waals surface area contributed by atoms with E-state index in [-0.39, 0.29) is 5.69 Å². The Bertz CT molecular complexity index is 691. The van der Waals surface area contributed by atoms with Gasteiger partial charge in [-0.25, -0.2) is 4.39 Å². The van der Waals surface area contributed by atoms with Gasteiger partial charge in [0.15, 0.2) is 11.5 Å². The second kappa shape index (κ2) is 7.26. The van der Waals surface area contributed by atoms with Crippen LogP contribution in [0.2, 0.25) is 0 Å². The van der Waals surface area contributed by atoms with E-state index >= 15 is 0 Å². The van der Waals surface area contributed by atoms with Crippen LogP contribution in [0.3, 0.4) is 0 Å². The highest BCUT2D eigenvalue weighted by molar-refractivity contribution is 9.10. The van der Waals surface area contributed by atoms with E-state index < -0.39 is 11.7 Å². The molecule has 0 atom stereocenters. The van der Waals surface area contributed by atoms with Crippen molar-refractivity contribution < 1.29 is 18.7 Å². The molecule has 0 saturated heterocycles. The van der Waals surface area contributed by atoms with Crippen LogP contribution in [0.25, 0.3) is 0 Å². The molecule has 1 N–H and O–H groups in total. The fourth-order valence-electron chi connectivity index (χ4n) is 1.92. The summed E-state index contributed by atoms with van der Waals surface area (Å²) in [6.07, 6.45) is 0. The molecule has 0 aliphatic heterocycles. The predicted octanol–water partition coefficient (Wildman–Crippen LogP) is 4.25. The first-order valence-corrected chi connectivity index (χ1v) is 7.42. The standard InChI is InChI=1S/C16H15BrFNO3/c1-3-22-14-9-10(8-11(17)15(14)21-2)16(20)19-13-7-5-4-6-12(13)18/h4-9H,3H2,1-2H3,(H,19,20). The number of carbonyl (C=O) groups excluding carboxylic acids is 1. The summed E-state index contributed by atoms with van der Waals surface area (Å²) in [5.41, 5.74) is 0.455. The van der Waals surface area contributed by atoms with E-state index in [9.17, 15) is 9.18 Å². The van der Waals surface area contributed by atoms with Gasteiger partial charge in [-0.2, -0.15) is 0 Å². The molecule has 0 aliphatic rings. The van der Waals surface area contributed by atoms with Crippen LogP contribution >= 0.6 is 15.9 Å². The lowest BCUT2D eigenvalue weighted by Gasteiger charge is -2.13. The molecule has 2 aromatic carbocycles. The van der Waals surface area contributed by atoms with Crippen LogP contribution in [0.1, 0.15) is 17.3 Å². The number of anilines is 1. The van der Waals surface area contributed by atoms with E-state index in [1.54, 1.807) is 24.3 Å². The highest BCUT2D eigenvalue weighted by Gasteiger charge is 2.16. The van der Waals surface area contributed by atoms with Crippen LogP contribution in [0, 0.1) is 5.82 Å². The number of amides is 1. The molecule has 22 heavy (non-hydrogen) atoms. The SMILES string of the molecule is CCOc1cc(C(=O)Nc2ccccc2F)cc(Br)c1OC. The molecule has 1 amide bonds. The molecule has 116 valence electrons. The molecule has 0 bridgehead atoms. The second-order valence-corrected chi connectivity index (χ2v) is 5.21. The number of halogens is 2. The summed E-state index contributed by atoms with van der Waals surface area (Å²) in [6, 6.07) is 9.14. The fraction of sp³-hybridized carbons (Fsp3) is 0.188. The van der Waals surface area contributed by atoms with Gasteiger partial charge in [0.25, 0.3) is 5.91 Å². The Kier molecular flexibility index (Phi) is 5.38. The van der Waals surface area contributed by atoms with Crippen molar-refractivity contribution in [3.63, 3.8) is 0 Å². The summed E-state index contributed by atoms with van der Waals surface area (Å²) >= 11 is 3.34. The number of rotatable bonds is 5. The normalized spacial score (nSPS) is 10.2. The third kappa shape index (κ3) is 3.57. The molecule has 4 nitrogen and oxygen atoms in total. The zero-order valence-electron chi connectivity index (χ0n) is 12.2. The topological polar surface area (TPSA) is 47.6 Å². The maximum atomic E-state index is 13.6. The van der Waals surface area contributed by atoms with Gasteiger partial charge in [0, 0.05) is 5.56 Å². The summed E-state index contributed by atoms with van der Waals surface area (Å²) in [7, 11) is 1.52. The molecule has 0 heterocycles. The van der Waals surface area contributed by atoms with Crippen LogP contribution in [-0.2, 0) is 0 Å². The van der Waals surface area contributed by atoms with Gasteiger partial charge >= 0.3 is 0 Å². The summed E-state index contributed by atoms with van der Waals surface area (Å²) in [4.78, 5) is 12.3. The zero-order valence-corrected chi connectivity index (χ0v) is 13.7. The quantitative estimate of drug-likeness (QED) is 0.859. The Balaban J connectivity index is 2.32. The molecular weight excluding hydrogens is 353 g/mol. The van der Waals surface area contributed by atoms with E-state index in [4.69, 9.17) is 9.47 Å². The number of hydrogen-bond acceptors (Lipinski definition) is 3. The number of methoxy groups -OCH3 is 1. The third-order valence-corrected chi connectivity index (χ3v) is 3.49. The molecule has 0 saturated carbocycles. The van der Waals surface area contributed by atoms with Crippen LogP contribution in [0.5, 0.6) is 11.5 Å². The van der Waals surface area contributed by atoms with Crippen molar-refractivity contribution in [3.05, 3.63) is 52.3 Å². The number of carbonyl (C=O) groups is 1. The van der Waals surface area contributed by atoms with Gasteiger partial charge in [-0.15, -0.1) is 0 Å². The van der Waals surface area contributed by atoms with Gasteiger partial charge in [-0.1, -0.05) is 12.1 Å². The highest BCUT2D eigenvalue weighted by atomic mass is 79.9. The molecule has 6 heteroatoms. The number of benzene rings is 2. The second-order valence-electron chi connectivity index (χ2n) is 4.36. The van der Waals surface area contributed by atoms with Gasteiger partial charge in [-0.3, -0.25) is 4.79 Å². The first-order valence-electron chi connectivity index (χ1n) is 6.63. The van der Waals surface area contributed by atoms with Gasteiger partial charge in [0.1, 0.15) is 5.82 Å². The number of para-hydroxylation sites is 1. The molecule has 2 rings (SSSR count). The minimum atomic E-state index is -0.492. The maximum Gasteiger partial charge on any atom is 0.255 e. The smallest absolute Gasteiger partial charge is 0.255 e. The van der Waals surface area contributed by atoms with Crippen molar-refractivity contribution in [1.29, 1.82) is 0 Å². The van der Waals surface area contributed by atoms with E-state index in [2.05, 4.69) is 21.2 Å². The molecular formula is C16H15BrFNO3. The third-order valence-electron chi connectivity index (χ3n) is 2.90. The minimum absolute atomic E-state index is 0.123. The summed E-state index contributed by atoms with van der Waals surface area (Å²) < 4.78 is 24.9. The molecule has 0 aromatic heterocycles. The fourth-order valence-corrected chi connectivity index (χ4v) is 2.52. The molecule has 0 aliphatic carbocycles. The number of hydrogen-bond donors (Lipinski definition) is 1. The van der Waals surface area contributed by atoms with Gasteiger partial charge < -0.3 is 14.8 Å². The Morgan fingerprint density at radius 3 is 2.68 bits per heavy atom. The van der Waals surface area contributed by atoms with Crippen LogP contribution < -0.4 is 14.8 Å². The maximum absolute atomic E-state index is 13.6. The van der Waals surface area contributed by atoms with Crippen molar-refractivity contribution in [1.82, 2.24) is 0 Å². The van der Waals surface area contributed by atoms with E-state index in [1.807, 2.05) is 6.92 Å². The number of ether oxygens (including phenoxy) is 2. The van der Waals surface area contributed by atoms with Crippen molar-refractivity contribution >= 4 is 27.5 Å². The van der Waals surface area contributed by atoms with Crippen LogP contribution in [0.4, 0.5) is 10.1 Å². The van der Waals surface area contributed by atoms with Gasteiger partial charge in [-0.05, 0) is 47.1 Å². The van der Waals surface area contributed by atoms with Crippen molar-refractivity contribution in [2.24, 2.45) is 0 Å². The van der Waals surface area contributed by atoms with Gasteiger partial charge in [0.2, 0.25) is 0 Å². The average Bonchev–Trinajstić information content (AvgIpc) is 2.49. The lowest BCUT2D eigenvalue weighted by atomic mass is 10.1. The molecule has 0 radical (unpaired) electrons. The Morgan fingerprint density at radius 2 is 2.05 bits per heavy atom. The summed E-state index contributed by atoms with van der Waals surface area (Å²) in [5.74, 6) is 0.0187. The molecule has 0 spiro atoms. The Hall–Kier alpha value is -2.08. The highest BCUT2D eigenvalue weighted by Crippen LogP contribution is 2.36. The first-order chi connectivity index (χ1) is 10.6. The first kappa shape index (κ1) is 16.3. The van der Waals surface area contributed by atoms with E-state index in [0.29, 0.717) is 28.1 Å². The monoisotopic (exact) mass is 367 g/mol. The van der Waals surface area contributed by atoms with Gasteiger partial charge in [0.05, 0.1) is 23.9 Å². The van der Waals surface area contributed by atoms with E-state index in [1.165, 1.54) is 19.2 Å². The van der Waals surface area contributed by atoms with Crippen molar-refractivity contribution in [3.8, 4) is 11.5 Å². The summed E-state index contributed by atoms with van der Waals surface area (Å²) in [6.45, 7) is 2.26. The largest absolute Gasteiger partial charge is 0.492 e. The van der Waals surface area contributed by atoms with Crippen LogP contribution in [-0.4, -0.2) is 19.6 Å². The Morgan fingerprint density at radius 1 is 1.32 bits per heavy atom. The molecule has 0 unspecified atom stereocenters. The Labute approximate surface area is 136 Å². The molecule has 2 aromatic rings. The minimum Gasteiger partial charge on any atom is -0.492 e. The number of nitrogens with one attached hydrogen (secondary N) is 1.